The van der Waals surface area contributed by atoms with Crippen LogP contribution in [0.3, 0.4) is 0 Å². The number of hydrogen-bond donors (Lipinski definition) is 2. The number of ether oxygens (including phenoxy) is 2. The van der Waals surface area contributed by atoms with E-state index in [1.54, 1.807) is 26.2 Å². The lowest BCUT2D eigenvalue weighted by Gasteiger charge is -2.32. The summed E-state index contributed by atoms with van der Waals surface area (Å²) < 4.78 is 10.4. The zero-order valence-corrected chi connectivity index (χ0v) is 30.5. The van der Waals surface area contributed by atoms with E-state index in [0.717, 1.165) is 38.1 Å². The standard InChI is InChI=1S/C19H26N2.C17H26O4.C5H10O/c1-2-3-7-13-18(20)17-12-8-4-5-9-14-19(17)21-15-10-6-11-16-21;1-6-15(9-7-13(2)18)10-8-14(3)21-17(4,5)12-11-16(19)20;1-3-4-5-6-2/h2-5,7,9,12,18H,1,6,8,10-11,13,15-16,20H2;6,8,10H,3,7,9,11-12H2,1-2,4-5H3,(H,19,20);3-4H,5H2,1-2H3/b5-4-,7-3+,17-12-;10-8-,15-6-;4-3-. The van der Waals surface area contributed by atoms with Gasteiger partial charge in [0.15, 0.2) is 0 Å². The number of carboxylic acids is 1. The SMILES string of the molecule is C/C=C\COC.C=C(/C=C\C(=C/C)CCC(C)=O)OC(C)(C)CCC(=O)O.C=C/C=C/CC(N)/C1=C/C/C=C\C=C=C1N1CCCCC1. The van der Waals surface area contributed by atoms with Gasteiger partial charge < -0.3 is 30.0 Å². The number of rotatable bonds is 17. The zero-order valence-electron chi connectivity index (χ0n) is 30.5. The van der Waals surface area contributed by atoms with Crippen LogP contribution in [0.15, 0.2) is 114 Å². The molecule has 1 atom stereocenters. The molecule has 1 unspecified atom stereocenters. The van der Waals surface area contributed by atoms with Crippen molar-refractivity contribution in [1.82, 2.24) is 4.90 Å². The summed E-state index contributed by atoms with van der Waals surface area (Å²) >= 11 is 0. The van der Waals surface area contributed by atoms with Crippen LogP contribution in [0.4, 0.5) is 0 Å². The molecule has 0 spiro atoms. The number of piperidine rings is 1. The Morgan fingerprint density at radius 1 is 1.12 bits per heavy atom. The highest BCUT2D eigenvalue weighted by atomic mass is 16.5. The number of ketones is 1. The number of hydrogen-bond acceptors (Lipinski definition) is 6. The number of nitrogens with two attached hydrogens (primary N) is 1. The average molecular weight is 663 g/mol. The van der Waals surface area contributed by atoms with Gasteiger partial charge in [0.1, 0.15) is 17.1 Å². The lowest BCUT2D eigenvalue weighted by Crippen LogP contribution is -2.34. The van der Waals surface area contributed by atoms with Crippen LogP contribution < -0.4 is 5.73 Å². The Morgan fingerprint density at radius 2 is 1.83 bits per heavy atom. The molecule has 0 saturated carbocycles. The number of carbonyl (C=O) groups excluding carboxylic acids is 1. The predicted octanol–water partition coefficient (Wildman–Crippen LogP) is 9.10. The largest absolute Gasteiger partial charge is 0.488 e. The van der Waals surface area contributed by atoms with Gasteiger partial charge in [-0.05, 0) is 97.3 Å². The minimum absolute atomic E-state index is 0.0190. The second kappa shape index (κ2) is 27.1. The van der Waals surface area contributed by atoms with Crippen molar-refractivity contribution in [3.05, 3.63) is 114 Å². The maximum atomic E-state index is 11.0. The van der Waals surface area contributed by atoms with Crippen LogP contribution in [0.1, 0.15) is 92.4 Å². The van der Waals surface area contributed by atoms with Crippen LogP contribution in [0, 0.1) is 0 Å². The zero-order chi connectivity index (χ0) is 36.2. The lowest BCUT2D eigenvalue weighted by molar-refractivity contribution is -0.138. The van der Waals surface area contributed by atoms with Gasteiger partial charge in [-0.15, -0.1) is 0 Å². The van der Waals surface area contributed by atoms with Crippen molar-refractivity contribution in [1.29, 1.82) is 0 Å². The Labute approximate surface area is 291 Å². The van der Waals surface area contributed by atoms with Crippen molar-refractivity contribution >= 4 is 11.8 Å². The van der Waals surface area contributed by atoms with E-state index in [0.29, 0.717) is 25.0 Å². The van der Waals surface area contributed by atoms with Crippen molar-refractivity contribution in [2.45, 2.75) is 104 Å². The molecule has 2 rings (SSSR count). The smallest absolute Gasteiger partial charge is 0.303 e. The topological polar surface area (TPSA) is 102 Å². The second-order valence-corrected chi connectivity index (χ2v) is 12.2. The van der Waals surface area contributed by atoms with Gasteiger partial charge in [-0.1, -0.05) is 85.2 Å². The number of likely N-dealkylation sites (tertiary alicyclic amines) is 1. The van der Waals surface area contributed by atoms with Crippen LogP contribution >= 0.6 is 0 Å². The predicted molar refractivity (Wildman–Crippen MR) is 201 cm³/mol. The Kier molecular flexibility index (Phi) is 24.9. The molecule has 7 heteroatoms. The number of allylic oxidation sites excluding steroid dienone is 10. The third-order valence-corrected chi connectivity index (χ3v) is 7.40. The molecule has 0 radical (unpaired) electrons. The molecule has 2 aliphatic rings. The van der Waals surface area contributed by atoms with Crippen molar-refractivity contribution in [3.8, 4) is 0 Å². The first-order valence-electron chi connectivity index (χ1n) is 17.0. The van der Waals surface area contributed by atoms with Gasteiger partial charge in [0.05, 0.1) is 12.3 Å². The Morgan fingerprint density at radius 3 is 2.40 bits per heavy atom. The summed E-state index contributed by atoms with van der Waals surface area (Å²) in [4.78, 5) is 24.0. The molecule has 1 heterocycles. The fraction of sp³-hybridized carbons (Fsp3) is 0.488. The van der Waals surface area contributed by atoms with Crippen LogP contribution in [0.5, 0.6) is 0 Å². The molecule has 1 aliphatic heterocycles. The molecule has 1 aliphatic carbocycles. The quantitative estimate of drug-likeness (QED) is 0.0693. The van der Waals surface area contributed by atoms with Gasteiger partial charge in [0.2, 0.25) is 0 Å². The molecule has 0 aromatic carbocycles. The maximum absolute atomic E-state index is 11.0. The van der Waals surface area contributed by atoms with E-state index in [2.05, 4.69) is 48.1 Å². The summed E-state index contributed by atoms with van der Waals surface area (Å²) in [6, 6.07) is 0.0190. The third-order valence-electron chi connectivity index (χ3n) is 7.40. The first-order valence-corrected chi connectivity index (χ1v) is 17.0. The van der Waals surface area contributed by atoms with Crippen LogP contribution in [-0.2, 0) is 19.1 Å². The third kappa shape index (κ3) is 22.6. The summed E-state index contributed by atoms with van der Waals surface area (Å²) in [5.41, 5.74) is 12.8. The molecule has 3 N–H and O–H groups in total. The minimum Gasteiger partial charge on any atom is -0.488 e. The monoisotopic (exact) mass is 662 g/mol. The van der Waals surface area contributed by atoms with E-state index in [-0.39, 0.29) is 18.2 Å². The van der Waals surface area contributed by atoms with E-state index in [4.69, 9.17) is 20.3 Å². The lowest BCUT2D eigenvalue weighted by atomic mass is 9.97. The van der Waals surface area contributed by atoms with Gasteiger partial charge in [-0.3, -0.25) is 4.79 Å². The highest BCUT2D eigenvalue weighted by Crippen LogP contribution is 2.25. The van der Waals surface area contributed by atoms with E-state index in [9.17, 15) is 9.59 Å². The molecular weight excluding hydrogens is 600 g/mol. The van der Waals surface area contributed by atoms with Crippen LogP contribution in [0.2, 0.25) is 0 Å². The Hall–Kier alpha value is -3.90. The van der Waals surface area contributed by atoms with Gasteiger partial charge in [-0.25, -0.2) is 0 Å². The van der Waals surface area contributed by atoms with E-state index in [1.807, 2.05) is 64.2 Å². The number of nitrogens with zero attached hydrogens (tertiary/aromatic N) is 1. The second-order valence-electron chi connectivity index (χ2n) is 12.2. The number of aliphatic carboxylic acids is 1. The van der Waals surface area contributed by atoms with Crippen molar-refractivity contribution in [3.63, 3.8) is 0 Å². The molecule has 266 valence electrons. The van der Waals surface area contributed by atoms with Gasteiger partial charge in [0.25, 0.3) is 0 Å². The van der Waals surface area contributed by atoms with Crippen LogP contribution in [0.25, 0.3) is 0 Å². The summed E-state index contributed by atoms with van der Waals surface area (Å²) in [5, 5.41) is 8.70. The molecule has 7 nitrogen and oxygen atoms in total. The Bertz CT molecular complexity index is 1230. The summed E-state index contributed by atoms with van der Waals surface area (Å²) in [5.74, 6) is -0.201. The van der Waals surface area contributed by atoms with E-state index >= 15 is 0 Å². The number of Topliss-reactive ketones (excluding diaryl/α,β-unsaturated/α-hetero) is 1. The average Bonchev–Trinajstić information content (AvgIpc) is 3.03. The first kappa shape index (κ1) is 44.1. The molecule has 0 aromatic heterocycles. The molecule has 1 saturated heterocycles. The van der Waals surface area contributed by atoms with Crippen molar-refractivity contribution in [2.24, 2.45) is 5.73 Å². The fourth-order valence-electron chi connectivity index (χ4n) is 4.70. The Balaban J connectivity index is 0.000000787. The van der Waals surface area contributed by atoms with E-state index < -0.39 is 11.6 Å². The number of carbonyl (C=O) groups is 2. The maximum Gasteiger partial charge on any atom is 0.303 e. The van der Waals surface area contributed by atoms with Gasteiger partial charge >= 0.3 is 5.97 Å². The van der Waals surface area contributed by atoms with Gasteiger partial charge in [0, 0.05) is 39.1 Å². The molecule has 0 aromatic rings. The van der Waals surface area contributed by atoms with Crippen LogP contribution in [-0.4, -0.2) is 60.2 Å². The normalized spacial score (nSPS) is 17.6. The van der Waals surface area contributed by atoms with Crippen molar-refractivity contribution in [2.75, 3.05) is 26.8 Å². The number of methoxy groups -OCH3 is 1. The first-order chi connectivity index (χ1) is 22.9. The molecule has 0 bridgehead atoms. The van der Waals surface area contributed by atoms with E-state index in [1.165, 1.54) is 30.5 Å². The molecule has 48 heavy (non-hydrogen) atoms. The number of carboxylic acid groups (broad SMARTS) is 1. The summed E-state index contributed by atoms with van der Waals surface area (Å²) in [6.45, 7) is 19.6. The highest BCUT2D eigenvalue weighted by molar-refractivity contribution is 5.75. The van der Waals surface area contributed by atoms with Gasteiger partial charge in [-0.2, -0.15) is 0 Å². The molecule has 0 amide bonds. The molecule has 1 fully saturated rings. The highest BCUT2D eigenvalue weighted by Gasteiger charge is 2.21. The summed E-state index contributed by atoms with van der Waals surface area (Å²) in [6.07, 6.45) is 31.1. The molecular formula is C41H62N2O5. The summed E-state index contributed by atoms with van der Waals surface area (Å²) in [7, 11) is 1.68. The van der Waals surface area contributed by atoms with Crippen molar-refractivity contribution < 1.29 is 24.2 Å². The minimum atomic E-state index is -0.840. The fourth-order valence-corrected chi connectivity index (χ4v) is 4.70.